The normalized spacial score (nSPS) is 11.8. The SMILES string of the molecule is CCOC(=O)/C(=C/c1ccc(C(F)(F)F)cc1F)N=[N+]=[N-]. The van der Waals surface area contributed by atoms with E-state index in [2.05, 4.69) is 14.8 Å². The Balaban J connectivity index is 3.22. The molecule has 5 nitrogen and oxygen atoms in total. The van der Waals surface area contributed by atoms with E-state index < -0.39 is 29.2 Å². The minimum Gasteiger partial charge on any atom is -0.462 e. The molecule has 0 amide bonds. The number of alkyl halides is 3. The second-order valence-electron chi connectivity index (χ2n) is 3.67. The largest absolute Gasteiger partial charge is 0.462 e. The fraction of sp³-hybridized carbons (Fsp3) is 0.250. The van der Waals surface area contributed by atoms with E-state index in [4.69, 9.17) is 5.53 Å². The van der Waals surface area contributed by atoms with Crippen molar-refractivity contribution in [1.29, 1.82) is 0 Å². The number of nitrogens with zero attached hydrogens (tertiary/aromatic N) is 3. The summed E-state index contributed by atoms with van der Waals surface area (Å²) < 4.78 is 55.3. The number of carbonyl (C=O) groups is 1. The van der Waals surface area contributed by atoms with Crippen LogP contribution in [-0.2, 0) is 15.7 Å². The maximum absolute atomic E-state index is 13.6. The first-order valence-corrected chi connectivity index (χ1v) is 5.60. The number of hydrogen-bond donors (Lipinski definition) is 0. The van der Waals surface area contributed by atoms with Crippen LogP contribution in [0.25, 0.3) is 16.5 Å². The molecule has 0 aliphatic rings. The monoisotopic (exact) mass is 303 g/mol. The van der Waals surface area contributed by atoms with Crippen LogP contribution in [0.15, 0.2) is 29.0 Å². The third-order valence-corrected chi connectivity index (χ3v) is 2.26. The van der Waals surface area contributed by atoms with Crippen molar-refractivity contribution in [3.63, 3.8) is 0 Å². The van der Waals surface area contributed by atoms with E-state index in [1.807, 2.05) is 0 Å². The van der Waals surface area contributed by atoms with Gasteiger partial charge in [0, 0.05) is 10.5 Å². The summed E-state index contributed by atoms with van der Waals surface area (Å²) in [5, 5.41) is 3.03. The molecule has 21 heavy (non-hydrogen) atoms. The molecule has 112 valence electrons. The van der Waals surface area contributed by atoms with Gasteiger partial charge < -0.3 is 4.74 Å². The van der Waals surface area contributed by atoms with Crippen molar-refractivity contribution >= 4 is 12.0 Å². The predicted molar refractivity (Wildman–Crippen MR) is 65.2 cm³/mol. The van der Waals surface area contributed by atoms with Crippen molar-refractivity contribution in [2.24, 2.45) is 5.11 Å². The summed E-state index contributed by atoms with van der Waals surface area (Å²) in [6.07, 6.45) is -3.87. The molecule has 0 N–H and O–H groups in total. The highest BCUT2D eigenvalue weighted by atomic mass is 19.4. The van der Waals surface area contributed by atoms with E-state index in [9.17, 15) is 22.4 Å². The van der Waals surface area contributed by atoms with Gasteiger partial charge in [-0.2, -0.15) is 13.2 Å². The summed E-state index contributed by atoms with van der Waals surface area (Å²) in [6, 6.07) is 1.75. The fourth-order valence-corrected chi connectivity index (χ4v) is 1.35. The molecular formula is C12H9F4N3O2. The van der Waals surface area contributed by atoms with Crippen LogP contribution in [-0.4, -0.2) is 12.6 Å². The van der Waals surface area contributed by atoms with Crippen molar-refractivity contribution < 1.29 is 27.1 Å². The molecule has 0 heterocycles. The molecule has 9 heteroatoms. The van der Waals surface area contributed by atoms with Crippen molar-refractivity contribution in [3.8, 4) is 0 Å². The molecule has 0 spiro atoms. The molecule has 0 saturated heterocycles. The topological polar surface area (TPSA) is 75.1 Å². The fourth-order valence-electron chi connectivity index (χ4n) is 1.35. The minimum atomic E-state index is -4.68. The first-order valence-electron chi connectivity index (χ1n) is 5.60. The third-order valence-electron chi connectivity index (χ3n) is 2.26. The molecule has 0 aromatic heterocycles. The van der Waals surface area contributed by atoms with Gasteiger partial charge in [-0.15, -0.1) is 0 Å². The third kappa shape index (κ3) is 4.50. The average molecular weight is 303 g/mol. The number of ether oxygens (including phenoxy) is 1. The van der Waals surface area contributed by atoms with Crippen LogP contribution < -0.4 is 0 Å². The maximum atomic E-state index is 13.6. The molecular weight excluding hydrogens is 294 g/mol. The zero-order valence-corrected chi connectivity index (χ0v) is 10.7. The predicted octanol–water partition coefficient (Wildman–Crippen LogP) is 4.06. The molecule has 0 bridgehead atoms. The summed E-state index contributed by atoms with van der Waals surface area (Å²) in [5.74, 6) is -2.21. The van der Waals surface area contributed by atoms with Crippen LogP contribution in [0, 0.1) is 5.82 Å². The zero-order chi connectivity index (χ0) is 16.0. The van der Waals surface area contributed by atoms with Crippen LogP contribution in [0.2, 0.25) is 0 Å². The number of rotatable bonds is 4. The van der Waals surface area contributed by atoms with Gasteiger partial charge in [0.2, 0.25) is 0 Å². The van der Waals surface area contributed by atoms with E-state index in [1.165, 1.54) is 6.92 Å². The summed E-state index contributed by atoms with van der Waals surface area (Å²) in [7, 11) is 0. The van der Waals surface area contributed by atoms with Gasteiger partial charge in [0.25, 0.3) is 0 Å². The second-order valence-corrected chi connectivity index (χ2v) is 3.67. The van der Waals surface area contributed by atoms with Crippen LogP contribution >= 0.6 is 0 Å². The Morgan fingerprint density at radius 1 is 1.48 bits per heavy atom. The number of esters is 1. The number of benzene rings is 1. The van der Waals surface area contributed by atoms with Gasteiger partial charge in [0.1, 0.15) is 11.5 Å². The second kappa shape index (κ2) is 6.76. The zero-order valence-electron chi connectivity index (χ0n) is 10.7. The van der Waals surface area contributed by atoms with Gasteiger partial charge in [-0.05, 0) is 30.7 Å². The Kier molecular flexibility index (Phi) is 5.31. The number of halogens is 4. The first kappa shape index (κ1) is 16.5. The highest BCUT2D eigenvalue weighted by Crippen LogP contribution is 2.30. The maximum Gasteiger partial charge on any atom is 0.416 e. The summed E-state index contributed by atoms with van der Waals surface area (Å²) in [6.45, 7) is 1.50. The Labute approximate surface area is 116 Å². The van der Waals surface area contributed by atoms with Gasteiger partial charge in [0.15, 0.2) is 0 Å². The molecule has 1 aromatic carbocycles. The Morgan fingerprint density at radius 3 is 2.62 bits per heavy atom. The summed E-state index contributed by atoms with van der Waals surface area (Å²) in [4.78, 5) is 13.8. The quantitative estimate of drug-likeness (QED) is 0.210. The van der Waals surface area contributed by atoms with E-state index in [1.54, 1.807) is 0 Å². The van der Waals surface area contributed by atoms with Crippen molar-refractivity contribution in [3.05, 3.63) is 51.3 Å². The Bertz CT molecular complexity index is 619. The minimum absolute atomic E-state index is 0.00733. The van der Waals surface area contributed by atoms with E-state index in [0.29, 0.717) is 6.07 Å². The van der Waals surface area contributed by atoms with E-state index >= 15 is 0 Å². The molecule has 0 saturated carbocycles. The number of hydrogen-bond acceptors (Lipinski definition) is 3. The van der Waals surface area contributed by atoms with E-state index in [-0.39, 0.29) is 18.2 Å². The van der Waals surface area contributed by atoms with Gasteiger partial charge in [0.05, 0.1) is 12.2 Å². The molecule has 1 rings (SSSR count). The van der Waals surface area contributed by atoms with Gasteiger partial charge >= 0.3 is 12.1 Å². The molecule has 0 atom stereocenters. The van der Waals surface area contributed by atoms with Gasteiger partial charge in [-0.1, -0.05) is 11.2 Å². The van der Waals surface area contributed by atoms with Crippen molar-refractivity contribution in [2.75, 3.05) is 6.61 Å². The molecule has 0 radical (unpaired) electrons. The lowest BCUT2D eigenvalue weighted by Gasteiger charge is -2.08. The molecule has 0 fully saturated rings. The summed E-state index contributed by atoms with van der Waals surface area (Å²) >= 11 is 0. The van der Waals surface area contributed by atoms with Crippen molar-refractivity contribution in [1.82, 2.24) is 0 Å². The van der Waals surface area contributed by atoms with Crippen molar-refractivity contribution in [2.45, 2.75) is 13.1 Å². The first-order chi connectivity index (χ1) is 9.79. The molecule has 0 unspecified atom stereocenters. The van der Waals surface area contributed by atoms with Crippen LogP contribution in [0.3, 0.4) is 0 Å². The van der Waals surface area contributed by atoms with Crippen LogP contribution in [0.4, 0.5) is 17.6 Å². The highest BCUT2D eigenvalue weighted by molar-refractivity contribution is 5.93. The lowest BCUT2D eigenvalue weighted by molar-refractivity contribution is -0.139. The number of azide groups is 1. The van der Waals surface area contributed by atoms with Gasteiger partial charge in [-0.3, -0.25) is 0 Å². The van der Waals surface area contributed by atoms with Crippen LogP contribution in [0.1, 0.15) is 18.1 Å². The molecule has 0 aliphatic carbocycles. The smallest absolute Gasteiger partial charge is 0.416 e. The molecule has 1 aromatic rings. The highest BCUT2D eigenvalue weighted by Gasteiger charge is 2.31. The average Bonchev–Trinajstić information content (AvgIpc) is 2.39. The van der Waals surface area contributed by atoms with Gasteiger partial charge in [-0.25, -0.2) is 9.18 Å². The Morgan fingerprint density at radius 2 is 2.14 bits per heavy atom. The van der Waals surface area contributed by atoms with Crippen LogP contribution in [0.5, 0.6) is 0 Å². The standard InChI is InChI=1S/C12H9F4N3O2/c1-2-21-11(20)10(18-19-17)5-7-3-4-8(6-9(7)13)12(14,15)16/h3-6H,2H2,1H3/b10-5-. The molecule has 0 aliphatic heterocycles. The lowest BCUT2D eigenvalue weighted by Crippen LogP contribution is -2.07. The lowest BCUT2D eigenvalue weighted by atomic mass is 10.1. The summed E-state index contributed by atoms with van der Waals surface area (Å²) in [5.41, 5.74) is 6.26. The number of carbonyl (C=O) groups excluding carboxylic acids is 1. The van der Waals surface area contributed by atoms with E-state index in [0.717, 1.165) is 12.1 Å². The Hall–Kier alpha value is -2.54.